The Kier molecular flexibility index (Phi) is 4.12. The molecule has 2 aliphatic rings. The highest BCUT2D eigenvalue weighted by Crippen LogP contribution is 2.26. The first-order valence-electron chi connectivity index (χ1n) is 7.60. The molecule has 1 aromatic carbocycles. The number of hydrogen-bond acceptors (Lipinski definition) is 3. The second-order valence-electron chi connectivity index (χ2n) is 5.82. The molecule has 0 bridgehead atoms. The fourth-order valence-electron chi connectivity index (χ4n) is 3.07. The van der Waals surface area contributed by atoms with E-state index in [-0.39, 0.29) is 5.91 Å². The third-order valence-corrected chi connectivity index (χ3v) is 4.27. The quantitative estimate of drug-likeness (QED) is 0.835. The average Bonchev–Trinajstić information content (AvgIpc) is 2.50. The Morgan fingerprint density at radius 2 is 2.14 bits per heavy atom. The predicted molar refractivity (Wildman–Crippen MR) is 85.3 cm³/mol. The Morgan fingerprint density at radius 1 is 1.33 bits per heavy atom. The van der Waals surface area contributed by atoms with Gasteiger partial charge in [0.25, 0.3) is 0 Å². The molecule has 1 fully saturated rings. The smallest absolute Gasteiger partial charge is 0.224 e. The number of aryl methyl sites for hydroxylation is 1. The lowest BCUT2D eigenvalue weighted by atomic mass is 10.0. The topological polar surface area (TPSA) is 44.4 Å². The summed E-state index contributed by atoms with van der Waals surface area (Å²) in [5.41, 5.74) is 3.34. The summed E-state index contributed by atoms with van der Waals surface area (Å²) < 4.78 is 0. The predicted octanol–water partition coefficient (Wildman–Crippen LogP) is 2.08. The summed E-state index contributed by atoms with van der Waals surface area (Å²) in [6.45, 7) is 2.87. The molecule has 0 radical (unpaired) electrons. The molecule has 1 saturated heterocycles. The van der Waals surface area contributed by atoms with Crippen molar-refractivity contribution in [3.63, 3.8) is 0 Å². The zero-order chi connectivity index (χ0) is 14.7. The molecule has 2 N–H and O–H groups in total. The van der Waals surface area contributed by atoms with Crippen LogP contribution in [0.2, 0.25) is 0 Å². The molecule has 2 aliphatic heterocycles. The summed E-state index contributed by atoms with van der Waals surface area (Å²) in [5.74, 6) is 2.83. The van der Waals surface area contributed by atoms with Gasteiger partial charge in [0.1, 0.15) is 0 Å². The van der Waals surface area contributed by atoms with Crippen molar-refractivity contribution in [2.75, 3.05) is 30.3 Å². The normalized spacial score (nSPS) is 19.5. The fourth-order valence-corrected chi connectivity index (χ4v) is 3.07. The Hall–Kier alpha value is -1.99. The largest absolute Gasteiger partial charge is 0.382 e. The lowest BCUT2D eigenvalue weighted by Gasteiger charge is -2.32. The lowest BCUT2D eigenvalue weighted by Crippen LogP contribution is -2.39. The molecule has 4 heteroatoms. The number of terminal acetylenes is 1. The molecule has 2 heterocycles. The van der Waals surface area contributed by atoms with Gasteiger partial charge in [-0.15, -0.1) is 6.42 Å². The molecule has 21 heavy (non-hydrogen) atoms. The Bertz CT molecular complexity index is 568. The van der Waals surface area contributed by atoms with Gasteiger partial charge in [0.05, 0.1) is 6.54 Å². The van der Waals surface area contributed by atoms with Crippen LogP contribution in [-0.4, -0.2) is 36.5 Å². The van der Waals surface area contributed by atoms with Crippen LogP contribution in [0.5, 0.6) is 0 Å². The van der Waals surface area contributed by atoms with E-state index in [0.717, 1.165) is 50.3 Å². The maximum atomic E-state index is 11.4. The van der Waals surface area contributed by atoms with Gasteiger partial charge in [-0.3, -0.25) is 9.69 Å². The van der Waals surface area contributed by atoms with Crippen molar-refractivity contribution in [2.45, 2.75) is 31.7 Å². The zero-order valence-electron chi connectivity index (χ0n) is 12.2. The molecule has 0 aliphatic carbocycles. The first kappa shape index (κ1) is 14.0. The molecule has 1 aromatic rings. The third kappa shape index (κ3) is 3.37. The van der Waals surface area contributed by atoms with Crippen molar-refractivity contribution in [1.82, 2.24) is 4.90 Å². The first-order chi connectivity index (χ1) is 10.2. The van der Waals surface area contributed by atoms with Gasteiger partial charge >= 0.3 is 0 Å². The van der Waals surface area contributed by atoms with Crippen molar-refractivity contribution in [3.8, 4) is 12.3 Å². The van der Waals surface area contributed by atoms with E-state index in [2.05, 4.69) is 33.6 Å². The maximum Gasteiger partial charge on any atom is 0.224 e. The van der Waals surface area contributed by atoms with Crippen LogP contribution in [0.15, 0.2) is 18.2 Å². The van der Waals surface area contributed by atoms with Crippen LogP contribution in [0.4, 0.5) is 11.4 Å². The monoisotopic (exact) mass is 283 g/mol. The summed E-state index contributed by atoms with van der Waals surface area (Å²) in [4.78, 5) is 13.7. The molecular weight excluding hydrogens is 262 g/mol. The molecule has 110 valence electrons. The molecule has 0 atom stereocenters. The number of likely N-dealkylation sites (tertiary alicyclic amines) is 1. The highest BCUT2D eigenvalue weighted by molar-refractivity contribution is 5.94. The van der Waals surface area contributed by atoms with Crippen molar-refractivity contribution in [2.24, 2.45) is 0 Å². The second-order valence-corrected chi connectivity index (χ2v) is 5.82. The number of carbonyl (C=O) groups is 1. The van der Waals surface area contributed by atoms with Crippen molar-refractivity contribution in [1.29, 1.82) is 0 Å². The zero-order valence-corrected chi connectivity index (χ0v) is 12.2. The van der Waals surface area contributed by atoms with E-state index in [9.17, 15) is 4.79 Å². The minimum absolute atomic E-state index is 0.115. The number of nitrogens with one attached hydrogen (secondary N) is 2. The first-order valence-corrected chi connectivity index (χ1v) is 7.60. The highest BCUT2D eigenvalue weighted by Gasteiger charge is 2.19. The van der Waals surface area contributed by atoms with E-state index in [4.69, 9.17) is 6.42 Å². The highest BCUT2D eigenvalue weighted by atomic mass is 16.1. The van der Waals surface area contributed by atoms with Gasteiger partial charge in [-0.25, -0.2) is 0 Å². The van der Waals surface area contributed by atoms with Crippen LogP contribution < -0.4 is 10.6 Å². The maximum absolute atomic E-state index is 11.4. The number of rotatable bonds is 3. The molecule has 0 saturated carbocycles. The fraction of sp³-hybridized carbons (Fsp3) is 0.471. The summed E-state index contributed by atoms with van der Waals surface area (Å²) in [6.07, 6.45) is 9.01. The standard InChI is InChI=1S/C17H21N3O/c1-2-9-20-10-7-14(8-11-20)18-15-4-5-16-13(12-15)3-6-17(21)19-16/h1,4-5,12,14,18H,3,6-11H2,(H,19,21). The Morgan fingerprint density at radius 3 is 2.90 bits per heavy atom. The van der Waals surface area contributed by atoms with Gasteiger partial charge in [-0.1, -0.05) is 5.92 Å². The van der Waals surface area contributed by atoms with Crippen LogP contribution >= 0.6 is 0 Å². The molecule has 3 rings (SSSR count). The second kappa shape index (κ2) is 6.19. The molecular formula is C17H21N3O. The van der Waals surface area contributed by atoms with Gasteiger partial charge in [0, 0.05) is 36.9 Å². The SMILES string of the molecule is C#CCN1CCC(Nc2ccc3c(c2)CCC(=O)N3)CC1. The lowest BCUT2D eigenvalue weighted by molar-refractivity contribution is -0.116. The number of hydrogen-bond donors (Lipinski definition) is 2. The van der Waals surface area contributed by atoms with E-state index >= 15 is 0 Å². The van der Waals surface area contributed by atoms with Crippen molar-refractivity contribution in [3.05, 3.63) is 23.8 Å². The van der Waals surface area contributed by atoms with E-state index in [1.165, 1.54) is 5.56 Å². The summed E-state index contributed by atoms with van der Waals surface area (Å²) >= 11 is 0. The van der Waals surface area contributed by atoms with Crippen molar-refractivity contribution < 1.29 is 4.79 Å². The summed E-state index contributed by atoms with van der Waals surface area (Å²) in [5, 5.41) is 6.53. The minimum Gasteiger partial charge on any atom is -0.382 e. The summed E-state index contributed by atoms with van der Waals surface area (Å²) in [6, 6.07) is 6.73. The number of anilines is 2. The van der Waals surface area contributed by atoms with Crippen LogP contribution in [0.1, 0.15) is 24.8 Å². The molecule has 0 aromatic heterocycles. The molecule has 1 amide bonds. The number of piperidine rings is 1. The number of benzene rings is 1. The molecule has 0 spiro atoms. The number of nitrogens with zero attached hydrogens (tertiary/aromatic N) is 1. The minimum atomic E-state index is 0.115. The number of fused-ring (bicyclic) bond motifs is 1. The molecule has 0 unspecified atom stereocenters. The molecule has 4 nitrogen and oxygen atoms in total. The van der Waals surface area contributed by atoms with Gasteiger partial charge in [-0.2, -0.15) is 0 Å². The van der Waals surface area contributed by atoms with E-state index < -0.39 is 0 Å². The van der Waals surface area contributed by atoms with Crippen LogP contribution in [0.3, 0.4) is 0 Å². The van der Waals surface area contributed by atoms with Crippen LogP contribution in [0.25, 0.3) is 0 Å². The van der Waals surface area contributed by atoms with Crippen LogP contribution in [0, 0.1) is 12.3 Å². The number of carbonyl (C=O) groups excluding carboxylic acids is 1. The van der Waals surface area contributed by atoms with Crippen molar-refractivity contribution >= 4 is 17.3 Å². The third-order valence-electron chi connectivity index (χ3n) is 4.27. The average molecular weight is 283 g/mol. The Labute approximate surface area is 125 Å². The van der Waals surface area contributed by atoms with E-state index in [0.29, 0.717) is 12.5 Å². The Balaban J connectivity index is 1.59. The summed E-state index contributed by atoms with van der Waals surface area (Å²) in [7, 11) is 0. The van der Waals surface area contributed by atoms with E-state index in [1.807, 2.05) is 6.07 Å². The van der Waals surface area contributed by atoms with Gasteiger partial charge in [0.15, 0.2) is 0 Å². The van der Waals surface area contributed by atoms with E-state index in [1.54, 1.807) is 0 Å². The van der Waals surface area contributed by atoms with Gasteiger partial charge in [-0.05, 0) is 43.0 Å². The van der Waals surface area contributed by atoms with Gasteiger partial charge < -0.3 is 10.6 Å². The number of amides is 1. The van der Waals surface area contributed by atoms with Gasteiger partial charge in [0.2, 0.25) is 5.91 Å². The van der Waals surface area contributed by atoms with Crippen LogP contribution in [-0.2, 0) is 11.2 Å².